The van der Waals surface area contributed by atoms with E-state index >= 15 is 0 Å². The van der Waals surface area contributed by atoms with Crippen molar-refractivity contribution in [2.24, 2.45) is 0 Å². The first-order valence-electron chi connectivity index (χ1n) is 7.24. The Hall–Kier alpha value is -0.610. The van der Waals surface area contributed by atoms with Crippen molar-refractivity contribution in [3.05, 3.63) is 0 Å². The molecule has 2 fully saturated rings. The van der Waals surface area contributed by atoms with Gasteiger partial charge in [-0.15, -0.1) is 0 Å². The van der Waals surface area contributed by atoms with Gasteiger partial charge in [0.05, 0.1) is 0 Å². The maximum Gasteiger partial charge on any atom is 0.254 e. The van der Waals surface area contributed by atoms with E-state index in [1.54, 1.807) is 0 Å². The average Bonchev–Trinajstić information content (AvgIpc) is 2.89. The van der Waals surface area contributed by atoms with Gasteiger partial charge < -0.3 is 14.5 Å². The molecule has 0 unspecified atom stereocenters. The topological polar surface area (TPSA) is 32.8 Å². The van der Waals surface area contributed by atoms with Gasteiger partial charge in [0.25, 0.3) is 5.91 Å². The number of hydrogen-bond donors (Lipinski definition) is 0. The third-order valence-electron chi connectivity index (χ3n) is 4.22. The Morgan fingerprint density at radius 1 is 1.28 bits per heavy atom. The summed E-state index contributed by atoms with van der Waals surface area (Å²) in [6, 6.07) is 0. The summed E-state index contributed by atoms with van der Waals surface area (Å²) < 4.78 is 5.72. The van der Waals surface area contributed by atoms with Crippen molar-refractivity contribution < 1.29 is 9.53 Å². The van der Waals surface area contributed by atoms with E-state index in [1.165, 1.54) is 25.9 Å². The van der Waals surface area contributed by atoms with Crippen molar-refractivity contribution in [1.29, 1.82) is 0 Å². The SMILES string of the molecule is CN(CCN1CCCC1)C(=O)[C@]1(C)CCCCO1. The van der Waals surface area contributed by atoms with Gasteiger partial charge in [-0.1, -0.05) is 0 Å². The molecule has 0 aliphatic carbocycles. The predicted molar refractivity (Wildman–Crippen MR) is 71.5 cm³/mol. The van der Waals surface area contributed by atoms with Crippen LogP contribution in [0.25, 0.3) is 0 Å². The monoisotopic (exact) mass is 254 g/mol. The number of carbonyl (C=O) groups excluding carboxylic acids is 1. The third kappa shape index (κ3) is 3.23. The molecule has 0 saturated carbocycles. The van der Waals surface area contributed by atoms with Crippen molar-refractivity contribution >= 4 is 5.91 Å². The lowest BCUT2D eigenvalue weighted by molar-refractivity contribution is -0.160. The summed E-state index contributed by atoms with van der Waals surface area (Å²) in [4.78, 5) is 16.7. The van der Waals surface area contributed by atoms with Crippen molar-refractivity contribution in [1.82, 2.24) is 9.80 Å². The summed E-state index contributed by atoms with van der Waals surface area (Å²) >= 11 is 0. The highest BCUT2D eigenvalue weighted by Gasteiger charge is 2.37. The molecule has 0 radical (unpaired) electrons. The van der Waals surface area contributed by atoms with Crippen LogP contribution in [0.2, 0.25) is 0 Å². The lowest BCUT2D eigenvalue weighted by atomic mass is 9.94. The van der Waals surface area contributed by atoms with E-state index in [2.05, 4.69) is 4.90 Å². The lowest BCUT2D eigenvalue weighted by Gasteiger charge is -2.36. The van der Waals surface area contributed by atoms with Gasteiger partial charge in [0.15, 0.2) is 0 Å². The van der Waals surface area contributed by atoms with Gasteiger partial charge in [-0.25, -0.2) is 0 Å². The Kier molecular flexibility index (Phi) is 4.62. The molecule has 4 nitrogen and oxygen atoms in total. The van der Waals surface area contributed by atoms with Crippen molar-refractivity contribution in [2.75, 3.05) is 39.8 Å². The second-order valence-corrected chi connectivity index (χ2v) is 5.81. The Morgan fingerprint density at radius 3 is 2.61 bits per heavy atom. The normalized spacial score (nSPS) is 29.4. The van der Waals surface area contributed by atoms with E-state index in [0.717, 1.165) is 39.0 Å². The standard InChI is InChI=1S/C14H26N2O2/c1-14(7-3-6-12-18-14)13(17)15(2)10-11-16-8-4-5-9-16/h3-12H2,1-2H3/t14-/m0/s1. The van der Waals surface area contributed by atoms with Crippen LogP contribution >= 0.6 is 0 Å². The summed E-state index contributed by atoms with van der Waals surface area (Å²) in [6.45, 7) is 6.87. The van der Waals surface area contributed by atoms with Gasteiger partial charge in [-0.05, 0) is 52.1 Å². The molecule has 0 aromatic rings. The highest BCUT2D eigenvalue weighted by molar-refractivity contribution is 5.84. The molecule has 18 heavy (non-hydrogen) atoms. The highest BCUT2D eigenvalue weighted by atomic mass is 16.5. The van der Waals surface area contributed by atoms with Crippen LogP contribution in [-0.4, -0.2) is 61.1 Å². The van der Waals surface area contributed by atoms with E-state index < -0.39 is 5.60 Å². The van der Waals surface area contributed by atoms with Crippen LogP contribution < -0.4 is 0 Å². The third-order valence-corrected chi connectivity index (χ3v) is 4.22. The summed E-state index contributed by atoms with van der Waals surface area (Å²) in [5.41, 5.74) is -0.571. The molecule has 2 saturated heterocycles. The zero-order valence-corrected chi connectivity index (χ0v) is 11.8. The zero-order chi connectivity index (χ0) is 13.0. The number of amides is 1. The summed E-state index contributed by atoms with van der Waals surface area (Å²) in [7, 11) is 1.90. The maximum absolute atomic E-state index is 12.4. The zero-order valence-electron chi connectivity index (χ0n) is 11.8. The second-order valence-electron chi connectivity index (χ2n) is 5.81. The molecule has 1 atom stereocenters. The molecule has 0 bridgehead atoms. The van der Waals surface area contributed by atoms with Crippen molar-refractivity contribution in [2.45, 2.75) is 44.6 Å². The van der Waals surface area contributed by atoms with E-state index in [0.29, 0.717) is 0 Å². The first kappa shape index (κ1) is 13.8. The molecule has 0 spiro atoms. The molecule has 2 aliphatic rings. The van der Waals surface area contributed by atoms with Gasteiger partial charge in [-0.3, -0.25) is 4.79 Å². The minimum Gasteiger partial charge on any atom is -0.365 e. The van der Waals surface area contributed by atoms with Crippen LogP contribution in [0.4, 0.5) is 0 Å². The van der Waals surface area contributed by atoms with Gasteiger partial charge in [0, 0.05) is 26.7 Å². The molecular formula is C14H26N2O2. The van der Waals surface area contributed by atoms with E-state index in [9.17, 15) is 4.79 Å². The highest BCUT2D eigenvalue weighted by Crippen LogP contribution is 2.26. The minimum atomic E-state index is -0.571. The molecule has 2 aliphatic heterocycles. The minimum absolute atomic E-state index is 0.154. The maximum atomic E-state index is 12.4. The largest absolute Gasteiger partial charge is 0.365 e. The van der Waals surface area contributed by atoms with Crippen LogP contribution in [0.5, 0.6) is 0 Å². The Labute approximate surface area is 110 Å². The molecular weight excluding hydrogens is 228 g/mol. The number of ether oxygens (including phenoxy) is 1. The van der Waals surface area contributed by atoms with Crippen LogP contribution in [0.1, 0.15) is 39.0 Å². The second kappa shape index (κ2) is 6.02. The summed E-state index contributed by atoms with van der Waals surface area (Å²) in [5.74, 6) is 0.154. The summed E-state index contributed by atoms with van der Waals surface area (Å²) in [6.07, 6.45) is 5.65. The van der Waals surface area contributed by atoms with Gasteiger partial charge in [0.1, 0.15) is 5.60 Å². The number of likely N-dealkylation sites (N-methyl/N-ethyl adjacent to an activating group) is 1. The number of likely N-dealkylation sites (tertiary alicyclic amines) is 1. The van der Waals surface area contributed by atoms with E-state index in [-0.39, 0.29) is 5.91 Å². The predicted octanol–water partition coefficient (Wildman–Crippen LogP) is 1.50. The Bertz CT molecular complexity index is 282. The van der Waals surface area contributed by atoms with Crippen LogP contribution in [-0.2, 0) is 9.53 Å². The van der Waals surface area contributed by atoms with Gasteiger partial charge >= 0.3 is 0 Å². The summed E-state index contributed by atoms with van der Waals surface area (Å²) in [5, 5.41) is 0. The van der Waals surface area contributed by atoms with Gasteiger partial charge in [-0.2, -0.15) is 0 Å². The Balaban J connectivity index is 1.79. The molecule has 2 rings (SSSR count). The fourth-order valence-corrected chi connectivity index (χ4v) is 2.91. The van der Waals surface area contributed by atoms with Crippen LogP contribution in [0.15, 0.2) is 0 Å². The Morgan fingerprint density at radius 2 is 2.00 bits per heavy atom. The molecule has 1 amide bonds. The number of nitrogens with zero attached hydrogens (tertiary/aromatic N) is 2. The van der Waals surface area contributed by atoms with Crippen molar-refractivity contribution in [3.8, 4) is 0 Å². The lowest BCUT2D eigenvalue weighted by Crippen LogP contribution is -2.50. The van der Waals surface area contributed by atoms with E-state index in [1.807, 2.05) is 18.9 Å². The number of hydrogen-bond acceptors (Lipinski definition) is 3. The number of rotatable bonds is 4. The fraction of sp³-hybridized carbons (Fsp3) is 0.929. The molecule has 104 valence electrons. The number of carbonyl (C=O) groups is 1. The van der Waals surface area contributed by atoms with Crippen LogP contribution in [0, 0.1) is 0 Å². The average molecular weight is 254 g/mol. The quantitative estimate of drug-likeness (QED) is 0.762. The molecule has 0 aromatic carbocycles. The van der Waals surface area contributed by atoms with Crippen LogP contribution in [0.3, 0.4) is 0 Å². The molecule has 0 aromatic heterocycles. The smallest absolute Gasteiger partial charge is 0.254 e. The first-order valence-corrected chi connectivity index (χ1v) is 7.24. The van der Waals surface area contributed by atoms with E-state index in [4.69, 9.17) is 4.74 Å². The van der Waals surface area contributed by atoms with Gasteiger partial charge in [0.2, 0.25) is 0 Å². The first-order chi connectivity index (χ1) is 8.62. The fourth-order valence-electron chi connectivity index (χ4n) is 2.91. The molecule has 2 heterocycles. The van der Waals surface area contributed by atoms with Crippen molar-refractivity contribution in [3.63, 3.8) is 0 Å². The molecule has 0 N–H and O–H groups in total. The molecule has 4 heteroatoms.